The summed E-state index contributed by atoms with van der Waals surface area (Å²) in [6, 6.07) is 6.63. The van der Waals surface area contributed by atoms with Gasteiger partial charge in [0.05, 0.1) is 11.3 Å². The zero-order chi connectivity index (χ0) is 14.9. The molecule has 0 radical (unpaired) electrons. The van der Waals surface area contributed by atoms with Crippen LogP contribution in [0.2, 0.25) is 0 Å². The maximum atomic E-state index is 12.3. The predicted molar refractivity (Wildman–Crippen MR) is 75.6 cm³/mol. The van der Waals surface area contributed by atoms with Gasteiger partial charge in [0, 0.05) is 4.47 Å². The van der Waals surface area contributed by atoms with E-state index in [-0.39, 0.29) is 27.6 Å². The summed E-state index contributed by atoms with van der Waals surface area (Å²) < 4.78 is 32.6. The van der Waals surface area contributed by atoms with E-state index < -0.39 is 10.0 Å². The molecule has 0 saturated carbocycles. The molecule has 0 aliphatic carbocycles. The molecule has 2 rings (SSSR count). The molecule has 0 aliphatic heterocycles. The third kappa shape index (κ3) is 2.69. The fraction of sp³-hybridized carbons (Fsp3) is 0.167. The fourth-order valence-electron chi connectivity index (χ4n) is 1.75. The van der Waals surface area contributed by atoms with Crippen molar-refractivity contribution in [3.63, 3.8) is 0 Å². The van der Waals surface area contributed by atoms with Crippen molar-refractivity contribution in [3.8, 4) is 6.07 Å². The third-order valence-corrected chi connectivity index (χ3v) is 4.69. The fourth-order valence-corrected chi connectivity index (χ4v) is 3.52. The lowest BCUT2D eigenvalue weighted by Gasteiger charge is -2.09. The van der Waals surface area contributed by atoms with E-state index in [2.05, 4.69) is 25.8 Å². The van der Waals surface area contributed by atoms with Gasteiger partial charge < -0.3 is 4.52 Å². The maximum absolute atomic E-state index is 12.3. The van der Waals surface area contributed by atoms with Crippen molar-refractivity contribution in [2.24, 2.45) is 0 Å². The molecule has 0 spiro atoms. The Morgan fingerprint density at radius 2 is 2.10 bits per heavy atom. The second kappa shape index (κ2) is 5.26. The number of hydrogen-bond donors (Lipinski definition) is 1. The Kier molecular flexibility index (Phi) is 3.83. The van der Waals surface area contributed by atoms with Crippen LogP contribution < -0.4 is 4.72 Å². The zero-order valence-electron chi connectivity index (χ0n) is 10.6. The Labute approximate surface area is 124 Å². The molecule has 0 amide bonds. The van der Waals surface area contributed by atoms with Crippen LogP contribution in [0.1, 0.15) is 17.0 Å². The van der Waals surface area contributed by atoms with Crippen LogP contribution in [-0.2, 0) is 10.0 Å². The Balaban J connectivity index is 2.47. The van der Waals surface area contributed by atoms with E-state index in [1.54, 1.807) is 6.07 Å². The zero-order valence-corrected chi connectivity index (χ0v) is 13.0. The van der Waals surface area contributed by atoms with Gasteiger partial charge in [-0.2, -0.15) is 5.26 Å². The first kappa shape index (κ1) is 14.6. The number of sulfonamides is 1. The molecule has 0 aliphatic rings. The molecule has 1 heterocycles. The Morgan fingerprint density at radius 3 is 2.65 bits per heavy atom. The molecule has 0 fully saturated rings. The lowest BCUT2D eigenvalue weighted by molar-refractivity contribution is 0.390. The van der Waals surface area contributed by atoms with Crippen LogP contribution >= 0.6 is 15.9 Å². The second-order valence-electron chi connectivity index (χ2n) is 4.06. The monoisotopic (exact) mass is 355 g/mol. The average Bonchev–Trinajstić information content (AvgIpc) is 2.71. The maximum Gasteiger partial charge on any atom is 0.267 e. The molecule has 6 nitrogen and oxygen atoms in total. The highest BCUT2D eigenvalue weighted by molar-refractivity contribution is 9.10. The minimum Gasteiger partial charge on any atom is -0.360 e. The van der Waals surface area contributed by atoms with Crippen LogP contribution in [-0.4, -0.2) is 13.6 Å². The smallest absolute Gasteiger partial charge is 0.267 e. The number of nitrogens with one attached hydrogen (secondary N) is 1. The average molecular weight is 356 g/mol. The van der Waals surface area contributed by atoms with Gasteiger partial charge >= 0.3 is 0 Å². The van der Waals surface area contributed by atoms with Crippen molar-refractivity contribution in [2.45, 2.75) is 18.7 Å². The van der Waals surface area contributed by atoms with Gasteiger partial charge in [0.15, 0.2) is 10.7 Å². The Hall–Kier alpha value is -1.85. The number of anilines is 1. The van der Waals surface area contributed by atoms with E-state index in [4.69, 9.17) is 9.78 Å². The van der Waals surface area contributed by atoms with Gasteiger partial charge in [-0.3, -0.25) is 4.72 Å². The quantitative estimate of drug-likeness (QED) is 0.912. The molecular weight excluding hydrogens is 346 g/mol. The first-order valence-corrected chi connectivity index (χ1v) is 7.78. The minimum absolute atomic E-state index is 0.00990. The van der Waals surface area contributed by atoms with E-state index in [1.807, 2.05) is 6.07 Å². The first-order valence-electron chi connectivity index (χ1n) is 5.50. The predicted octanol–water partition coefficient (Wildman–Crippen LogP) is 2.73. The van der Waals surface area contributed by atoms with E-state index in [1.165, 1.54) is 26.0 Å². The normalized spacial score (nSPS) is 11.1. The van der Waals surface area contributed by atoms with Gasteiger partial charge in [-0.15, -0.1) is 0 Å². The van der Waals surface area contributed by atoms with E-state index >= 15 is 0 Å². The lowest BCUT2D eigenvalue weighted by Crippen LogP contribution is -2.15. The molecule has 1 aromatic heterocycles. The summed E-state index contributed by atoms with van der Waals surface area (Å²) in [5.41, 5.74) is 0.691. The molecule has 8 heteroatoms. The van der Waals surface area contributed by atoms with Crippen LogP contribution in [0.25, 0.3) is 0 Å². The number of nitriles is 1. The summed E-state index contributed by atoms with van der Waals surface area (Å²) in [4.78, 5) is -0.00990. The standard InChI is InChI=1S/C12H10BrN3O3S/c1-7-12(8(2)19-15-7)20(17,18)16-11-4-3-10(13)5-9(11)6-14/h3-5,16H,1-2H3. The molecule has 20 heavy (non-hydrogen) atoms. The lowest BCUT2D eigenvalue weighted by atomic mass is 10.2. The molecule has 0 unspecified atom stereocenters. The van der Waals surface area contributed by atoms with E-state index in [0.717, 1.165) is 0 Å². The van der Waals surface area contributed by atoms with Crippen LogP contribution in [0.15, 0.2) is 32.1 Å². The number of aryl methyl sites for hydroxylation is 2. The highest BCUT2D eigenvalue weighted by Gasteiger charge is 2.25. The summed E-state index contributed by atoms with van der Waals surface area (Å²) in [5, 5.41) is 12.7. The van der Waals surface area contributed by atoms with E-state index in [0.29, 0.717) is 4.47 Å². The molecule has 1 N–H and O–H groups in total. The molecule has 0 bridgehead atoms. The summed E-state index contributed by atoms with van der Waals surface area (Å²) in [7, 11) is -3.85. The van der Waals surface area contributed by atoms with Gasteiger partial charge in [0.25, 0.3) is 10.0 Å². The highest BCUT2D eigenvalue weighted by atomic mass is 79.9. The number of rotatable bonds is 3. The van der Waals surface area contributed by atoms with Gasteiger partial charge in [0.2, 0.25) is 0 Å². The first-order chi connectivity index (χ1) is 9.35. The van der Waals surface area contributed by atoms with Crippen LogP contribution in [0.3, 0.4) is 0 Å². The molecule has 0 saturated heterocycles. The van der Waals surface area contributed by atoms with Crippen molar-refractivity contribution in [1.29, 1.82) is 5.26 Å². The van der Waals surface area contributed by atoms with Gasteiger partial charge in [0.1, 0.15) is 11.8 Å². The summed E-state index contributed by atoms with van der Waals surface area (Å²) in [6.45, 7) is 3.05. The number of aromatic nitrogens is 1. The van der Waals surface area contributed by atoms with Crippen molar-refractivity contribution in [2.75, 3.05) is 4.72 Å². The summed E-state index contributed by atoms with van der Waals surface area (Å²) in [6.07, 6.45) is 0. The summed E-state index contributed by atoms with van der Waals surface area (Å²) in [5.74, 6) is 0.200. The Morgan fingerprint density at radius 1 is 1.40 bits per heavy atom. The van der Waals surface area contributed by atoms with Crippen molar-refractivity contribution < 1.29 is 12.9 Å². The van der Waals surface area contributed by atoms with Gasteiger partial charge in [-0.25, -0.2) is 8.42 Å². The number of nitrogens with zero attached hydrogens (tertiary/aromatic N) is 2. The van der Waals surface area contributed by atoms with Crippen molar-refractivity contribution >= 4 is 31.6 Å². The van der Waals surface area contributed by atoms with Crippen molar-refractivity contribution in [1.82, 2.24) is 5.16 Å². The van der Waals surface area contributed by atoms with Crippen LogP contribution in [0, 0.1) is 25.2 Å². The summed E-state index contributed by atoms with van der Waals surface area (Å²) >= 11 is 3.23. The van der Waals surface area contributed by atoms with Crippen LogP contribution in [0.5, 0.6) is 0 Å². The number of halogens is 1. The van der Waals surface area contributed by atoms with Crippen molar-refractivity contribution in [3.05, 3.63) is 39.7 Å². The van der Waals surface area contributed by atoms with Gasteiger partial charge in [-0.1, -0.05) is 21.1 Å². The largest absolute Gasteiger partial charge is 0.360 e. The topological polar surface area (TPSA) is 96.0 Å². The second-order valence-corrected chi connectivity index (χ2v) is 6.60. The Bertz CT molecular complexity index is 786. The molecule has 104 valence electrons. The SMILES string of the molecule is Cc1noc(C)c1S(=O)(=O)Nc1ccc(Br)cc1C#N. The molecule has 2 aromatic rings. The molecule has 0 atom stereocenters. The number of benzene rings is 1. The highest BCUT2D eigenvalue weighted by Crippen LogP contribution is 2.25. The molecular formula is C12H10BrN3O3S. The third-order valence-electron chi connectivity index (χ3n) is 2.58. The number of hydrogen-bond acceptors (Lipinski definition) is 5. The van der Waals surface area contributed by atoms with E-state index in [9.17, 15) is 8.42 Å². The van der Waals surface area contributed by atoms with Gasteiger partial charge in [-0.05, 0) is 32.0 Å². The molecule has 1 aromatic carbocycles. The minimum atomic E-state index is -3.85. The van der Waals surface area contributed by atoms with Crippen LogP contribution in [0.4, 0.5) is 5.69 Å².